The van der Waals surface area contributed by atoms with E-state index in [9.17, 15) is 13.2 Å². The first-order valence-electron chi connectivity index (χ1n) is 7.99. The van der Waals surface area contributed by atoms with Gasteiger partial charge in [-0.05, 0) is 24.8 Å². The normalized spacial score (nSPS) is 23.5. The van der Waals surface area contributed by atoms with Crippen LogP contribution in [0.15, 0.2) is 30.3 Å². The third-order valence-corrected chi connectivity index (χ3v) is 5.57. The zero-order valence-corrected chi connectivity index (χ0v) is 14.7. The third-order valence-electron chi connectivity index (χ3n) is 4.60. The summed E-state index contributed by atoms with van der Waals surface area (Å²) in [4.78, 5) is 14.3. The van der Waals surface area contributed by atoms with E-state index in [0.29, 0.717) is 13.1 Å². The number of carbonyl (C=O) groups excluding carboxylic acids is 1. The van der Waals surface area contributed by atoms with Crippen molar-refractivity contribution in [3.05, 3.63) is 35.9 Å². The van der Waals surface area contributed by atoms with Crippen molar-refractivity contribution >= 4 is 15.7 Å². The molecular formula is C17H26N2O3S. The number of rotatable bonds is 5. The maximum absolute atomic E-state index is 12.5. The summed E-state index contributed by atoms with van der Waals surface area (Å²) in [6.07, 6.45) is 3.29. The molecule has 1 saturated heterocycles. The van der Waals surface area contributed by atoms with Gasteiger partial charge in [-0.1, -0.05) is 37.3 Å². The number of amides is 1. The van der Waals surface area contributed by atoms with Gasteiger partial charge in [0.05, 0.1) is 11.8 Å². The number of nitrogens with two attached hydrogens (primary N) is 1. The zero-order valence-electron chi connectivity index (χ0n) is 13.9. The minimum Gasteiger partial charge on any atom is -0.340 e. The van der Waals surface area contributed by atoms with E-state index in [1.54, 1.807) is 4.90 Å². The molecule has 1 aromatic carbocycles. The molecule has 5 nitrogen and oxygen atoms in total. The molecule has 128 valence electrons. The smallest absolute Gasteiger partial charge is 0.239 e. The highest BCUT2D eigenvalue weighted by Gasteiger charge is 2.35. The van der Waals surface area contributed by atoms with E-state index in [4.69, 9.17) is 5.73 Å². The molecule has 2 N–H and O–H groups in total. The van der Waals surface area contributed by atoms with E-state index < -0.39 is 15.9 Å². The van der Waals surface area contributed by atoms with Crippen LogP contribution in [0, 0.1) is 0 Å². The van der Waals surface area contributed by atoms with Gasteiger partial charge in [-0.25, -0.2) is 8.42 Å². The third kappa shape index (κ3) is 4.78. The summed E-state index contributed by atoms with van der Waals surface area (Å²) in [5.41, 5.74) is 7.07. The Morgan fingerprint density at radius 2 is 2.00 bits per heavy atom. The van der Waals surface area contributed by atoms with Crippen molar-refractivity contribution in [3.8, 4) is 0 Å². The topological polar surface area (TPSA) is 80.5 Å². The van der Waals surface area contributed by atoms with Crippen LogP contribution in [-0.4, -0.2) is 50.4 Å². The molecule has 1 aliphatic rings. The maximum Gasteiger partial charge on any atom is 0.239 e. The highest BCUT2D eigenvalue weighted by Crippen LogP contribution is 2.33. The first kappa shape index (κ1) is 17.9. The van der Waals surface area contributed by atoms with Gasteiger partial charge in [0.2, 0.25) is 5.91 Å². The predicted octanol–water partition coefficient (Wildman–Crippen LogP) is 1.33. The van der Waals surface area contributed by atoms with Gasteiger partial charge in [-0.2, -0.15) is 0 Å². The largest absolute Gasteiger partial charge is 0.340 e. The molecule has 2 atom stereocenters. The van der Waals surface area contributed by atoms with E-state index in [1.165, 1.54) is 5.56 Å². The molecule has 2 rings (SSSR count). The fourth-order valence-electron chi connectivity index (χ4n) is 3.20. The molecule has 0 aromatic heterocycles. The SMILES string of the molecule is C[C@@]1(c2ccccc2)CCCN(C(=O)[C@H](N)CCS(C)(=O)=O)C1. The second-order valence-corrected chi connectivity index (χ2v) is 9.07. The molecule has 0 aliphatic carbocycles. The van der Waals surface area contributed by atoms with Gasteiger partial charge in [0.1, 0.15) is 9.84 Å². The number of nitrogens with zero attached hydrogens (tertiary/aromatic N) is 1. The Balaban J connectivity index is 2.04. The van der Waals surface area contributed by atoms with Crippen LogP contribution < -0.4 is 5.73 Å². The van der Waals surface area contributed by atoms with Gasteiger partial charge in [0.25, 0.3) is 0 Å². The van der Waals surface area contributed by atoms with Gasteiger partial charge in [-0.3, -0.25) is 4.79 Å². The molecule has 1 aliphatic heterocycles. The number of piperidine rings is 1. The molecule has 1 fully saturated rings. The maximum atomic E-state index is 12.5. The Labute approximate surface area is 138 Å². The first-order chi connectivity index (χ1) is 10.7. The minimum absolute atomic E-state index is 0.0519. The molecule has 0 bridgehead atoms. The van der Waals surface area contributed by atoms with Gasteiger partial charge < -0.3 is 10.6 Å². The average molecular weight is 338 g/mol. The van der Waals surface area contributed by atoms with E-state index in [-0.39, 0.29) is 23.5 Å². The van der Waals surface area contributed by atoms with E-state index in [1.807, 2.05) is 18.2 Å². The number of hydrogen-bond acceptors (Lipinski definition) is 4. The summed E-state index contributed by atoms with van der Waals surface area (Å²) < 4.78 is 22.5. The molecule has 0 spiro atoms. The van der Waals surface area contributed by atoms with Crippen molar-refractivity contribution in [2.45, 2.75) is 37.6 Å². The highest BCUT2D eigenvalue weighted by molar-refractivity contribution is 7.90. The lowest BCUT2D eigenvalue weighted by Gasteiger charge is -2.41. The summed E-state index contributed by atoms with van der Waals surface area (Å²) in [6, 6.07) is 9.45. The predicted molar refractivity (Wildman–Crippen MR) is 91.9 cm³/mol. The van der Waals surface area contributed by atoms with Gasteiger partial charge in [-0.15, -0.1) is 0 Å². The molecule has 1 amide bonds. The van der Waals surface area contributed by atoms with Crippen LogP contribution in [0.1, 0.15) is 31.7 Å². The summed E-state index contributed by atoms with van der Waals surface area (Å²) in [6.45, 7) is 3.49. The lowest BCUT2D eigenvalue weighted by molar-refractivity contribution is -0.134. The monoisotopic (exact) mass is 338 g/mol. The molecular weight excluding hydrogens is 312 g/mol. The summed E-state index contributed by atoms with van der Waals surface area (Å²) in [5, 5.41) is 0. The molecule has 0 saturated carbocycles. The van der Waals surface area contributed by atoms with Crippen LogP contribution in [0.5, 0.6) is 0 Å². The number of sulfone groups is 1. The van der Waals surface area contributed by atoms with Crippen LogP contribution in [0.25, 0.3) is 0 Å². The second-order valence-electron chi connectivity index (χ2n) is 6.82. The fraction of sp³-hybridized carbons (Fsp3) is 0.588. The second kappa shape index (κ2) is 7.01. The Morgan fingerprint density at radius 3 is 2.61 bits per heavy atom. The van der Waals surface area contributed by atoms with Crippen LogP contribution in [0.4, 0.5) is 0 Å². The standard InChI is InChI=1S/C17H26N2O3S/c1-17(14-7-4-3-5-8-14)10-6-11-19(13-17)16(20)15(18)9-12-23(2,21)22/h3-5,7-8,15H,6,9-13,18H2,1-2H3/t15-,17-/m1/s1. The quantitative estimate of drug-likeness (QED) is 0.878. The molecule has 1 aromatic rings. The minimum atomic E-state index is -3.10. The van der Waals surface area contributed by atoms with Crippen LogP contribution in [-0.2, 0) is 20.0 Å². The Kier molecular flexibility index (Phi) is 5.47. The number of hydrogen-bond donors (Lipinski definition) is 1. The van der Waals surface area contributed by atoms with Crippen LogP contribution >= 0.6 is 0 Å². The highest BCUT2D eigenvalue weighted by atomic mass is 32.2. The Morgan fingerprint density at radius 1 is 1.35 bits per heavy atom. The lowest BCUT2D eigenvalue weighted by atomic mass is 9.76. The molecule has 6 heteroatoms. The van der Waals surface area contributed by atoms with Crippen molar-refractivity contribution in [3.63, 3.8) is 0 Å². The Hall–Kier alpha value is -1.40. The Bertz CT molecular complexity index is 645. The van der Waals surface area contributed by atoms with Crippen molar-refractivity contribution in [1.29, 1.82) is 0 Å². The van der Waals surface area contributed by atoms with Gasteiger partial charge in [0.15, 0.2) is 0 Å². The fourth-order valence-corrected chi connectivity index (χ4v) is 3.88. The molecule has 0 unspecified atom stereocenters. The molecule has 23 heavy (non-hydrogen) atoms. The first-order valence-corrected chi connectivity index (χ1v) is 10.0. The number of benzene rings is 1. The van der Waals surface area contributed by atoms with Crippen molar-refractivity contribution < 1.29 is 13.2 Å². The number of carbonyl (C=O) groups is 1. The average Bonchev–Trinajstić information content (AvgIpc) is 2.52. The summed E-state index contributed by atoms with van der Waals surface area (Å²) >= 11 is 0. The summed E-state index contributed by atoms with van der Waals surface area (Å²) in [5.74, 6) is -0.195. The zero-order chi connectivity index (χ0) is 17.1. The summed E-state index contributed by atoms with van der Waals surface area (Å²) in [7, 11) is -3.10. The van der Waals surface area contributed by atoms with E-state index >= 15 is 0 Å². The molecule has 1 heterocycles. The van der Waals surface area contributed by atoms with Crippen LogP contribution in [0.3, 0.4) is 0 Å². The molecule has 0 radical (unpaired) electrons. The number of likely N-dealkylation sites (tertiary alicyclic amines) is 1. The van der Waals surface area contributed by atoms with Gasteiger partial charge in [0, 0.05) is 24.8 Å². The van der Waals surface area contributed by atoms with Crippen LogP contribution in [0.2, 0.25) is 0 Å². The van der Waals surface area contributed by atoms with Crippen molar-refractivity contribution in [2.24, 2.45) is 5.73 Å². The van der Waals surface area contributed by atoms with Crippen molar-refractivity contribution in [2.75, 3.05) is 25.1 Å². The van der Waals surface area contributed by atoms with Gasteiger partial charge >= 0.3 is 0 Å². The van der Waals surface area contributed by atoms with E-state index in [0.717, 1.165) is 19.1 Å². The lowest BCUT2D eigenvalue weighted by Crippen LogP contribution is -2.52. The van der Waals surface area contributed by atoms with E-state index in [2.05, 4.69) is 19.1 Å². The van der Waals surface area contributed by atoms with Crippen molar-refractivity contribution in [1.82, 2.24) is 4.90 Å².